The number of unbranched alkanes of at least 4 members (excludes halogenated alkanes) is 45. The lowest BCUT2D eigenvalue weighted by Crippen LogP contribution is -2.53. The fourth-order valence-electron chi connectivity index (χ4n) is 15.1. The fourth-order valence-corrected chi connectivity index (χ4v) is 15.1. The van der Waals surface area contributed by atoms with E-state index in [1.54, 1.807) is 0 Å². The Bertz CT molecular complexity index is 1730. The minimum atomic E-state index is -1.01. The molecule has 0 heterocycles. The number of ketones is 1. The molecular formula is C85H161N4O12+. The normalized spacial score (nSPS) is 13.3. The highest BCUT2D eigenvalue weighted by atomic mass is 16.4. The maximum atomic E-state index is 14.0. The van der Waals surface area contributed by atoms with Crippen molar-refractivity contribution in [2.24, 2.45) is 23.7 Å². The van der Waals surface area contributed by atoms with E-state index in [-0.39, 0.29) is 55.6 Å². The third kappa shape index (κ3) is 63.0. The van der Waals surface area contributed by atoms with Crippen LogP contribution in [0.15, 0.2) is 0 Å². The number of carbonyl (C=O) groups excluding carboxylic acids is 4. The predicted molar refractivity (Wildman–Crippen MR) is 417 cm³/mol. The first-order chi connectivity index (χ1) is 49.0. The van der Waals surface area contributed by atoms with Gasteiger partial charge in [0, 0.05) is 69.0 Å². The van der Waals surface area contributed by atoms with E-state index < -0.39 is 47.5 Å². The summed E-state index contributed by atoms with van der Waals surface area (Å²) in [5.41, 5.74) is 0. The molecule has 0 aromatic heterocycles. The molecule has 7 N–H and O–H groups in total. The Labute approximate surface area is 618 Å². The molecule has 0 bridgehead atoms. The van der Waals surface area contributed by atoms with Crippen molar-refractivity contribution in [1.29, 1.82) is 0 Å². The lowest BCUT2D eigenvalue weighted by atomic mass is 9.90. The van der Waals surface area contributed by atoms with Crippen LogP contribution in [0.5, 0.6) is 0 Å². The van der Waals surface area contributed by atoms with Crippen LogP contribution < -0.4 is 16.0 Å². The van der Waals surface area contributed by atoms with E-state index in [1.807, 2.05) is 0 Å². The van der Waals surface area contributed by atoms with Crippen LogP contribution in [0, 0.1) is 23.7 Å². The van der Waals surface area contributed by atoms with Crippen molar-refractivity contribution in [2.45, 2.75) is 426 Å². The van der Waals surface area contributed by atoms with Gasteiger partial charge >= 0.3 is 23.9 Å². The van der Waals surface area contributed by atoms with Crippen molar-refractivity contribution in [2.75, 3.05) is 45.8 Å². The first kappa shape index (κ1) is 96.9. The van der Waals surface area contributed by atoms with Crippen LogP contribution in [0.4, 0.5) is 0 Å². The zero-order valence-corrected chi connectivity index (χ0v) is 66.1. The van der Waals surface area contributed by atoms with Crippen molar-refractivity contribution in [3.8, 4) is 0 Å². The van der Waals surface area contributed by atoms with Gasteiger partial charge in [-0.1, -0.05) is 336 Å². The summed E-state index contributed by atoms with van der Waals surface area (Å²) in [5, 5.41) is 49.0. The SMILES string of the molecule is CCCCCCCCCCCCCCC(CC(=O)O)C(=O)CCCC[N+](CCCNC(=O)C(CCCCCCCCCCCCCC)CC(=O)O)(CCCNC(=O)C(CCCCCCCCCCCCCC)CC(=O)O)CCCNC(=O)C(CCCCCCCCCCCCCC)CC(=O)O. The molecule has 0 aliphatic rings. The van der Waals surface area contributed by atoms with E-state index in [2.05, 4.69) is 43.6 Å². The monoisotopic (exact) mass is 1430 g/mol. The average molecular weight is 1430 g/mol. The van der Waals surface area contributed by atoms with Gasteiger partial charge in [0.15, 0.2) is 0 Å². The van der Waals surface area contributed by atoms with Crippen LogP contribution >= 0.6 is 0 Å². The van der Waals surface area contributed by atoms with Gasteiger partial charge in [-0.25, -0.2) is 0 Å². The van der Waals surface area contributed by atoms with Gasteiger partial charge in [-0.2, -0.15) is 0 Å². The second-order valence-electron chi connectivity index (χ2n) is 31.0. The summed E-state index contributed by atoms with van der Waals surface area (Å²) < 4.78 is 0.513. The molecule has 0 aromatic carbocycles. The van der Waals surface area contributed by atoms with Crippen molar-refractivity contribution in [1.82, 2.24) is 16.0 Å². The summed E-state index contributed by atoms with van der Waals surface area (Å²) in [4.78, 5) is 104. The van der Waals surface area contributed by atoms with E-state index in [1.165, 1.54) is 205 Å². The highest BCUT2D eigenvalue weighted by Gasteiger charge is 2.30. The number of hydrogen-bond donors (Lipinski definition) is 7. The van der Waals surface area contributed by atoms with E-state index in [0.717, 1.165) is 103 Å². The van der Waals surface area contributed by atoms with Gasteiger partial charge in [-0.05, 0) is 38.5 Å². The number of Topliss-reactive ketones (excluding diaryl/α,β-unsaturated/α-hetero) is 1. The molecule has 0 radical (unpaired) electrons. The Hall–Kier alpha value is -4.08. The first-order valence-corrected chi connectivity index (χ1v) is 43.1. The quantitative estimate of drug-likeness (QED) is 0.0222. The van der Waals surface area contributed by atoms with Crippen LogP contribution in [0.1, 0.15) is 426 Å². The third-order valence-electron chi connectivity index (χ3n) is 21.5. The first-order valence-electron chi connectivity index (χ1n) is 43.1. The summed E-state index contributed by atoms with van der Waals surface area (Å²) >= 11 is 0. The lowest BCUT2D eigenvalue weighted by molar-refractivity contribution is -0.928. The van der Waals surface area contributed by atoms with Gasteiger partial charge in [0.1, 0.15) is 5.78 Å². The smallest absolute Gasteiger partial charge is 0.304 e. The highest BCUT2D eigenvalue weighted by molar-refractivity contribution is 5.85. The number of nitrogens with zero attached hydrogens (tertiary/aromatic N) is 1. The molecule has 0 rings (SSSR count). The predicted octanol–water partition coefficient (Wildman–Crippen LogP) is 21.8. The molecule has 0 aliphatic heterocycles. The maximum Gasteiger partial charge on any atom is 0.304 e. The number of quaternary nitrogens is 1. The molecule has 0 spiro atoms. The van der Waals surface area contributed by atoms with Crippen LogP contribution in [0.2, 0.25) is 0 Å². The van der Waals surface area contributed by atoms with Crippen LogP contribution in [0.25, 0.3) is 0 Å². The van der Waals surface area contributed by atoms with Crippen molar-refractivity contribution in [3.05, 3.63) is 0 Å². The van der Waals surface area contributed by atoms with Gasteiger partial charge in [-0.3, -0.25) is 38.4 Å². The molecule has 16 heteroatoms. The summed E-state index contributed by atoms with van der Waals surface area (Å²) in [6.07, 6.45) is 60.7. The Balaban J connectivity index is 6.53. The second kappa shape index (κ2) is 71.5. The van der Waals surface area contributed by atoms with Gasteiger partial charge in [0.25, 0.3) is 0 Å². The molecule has 101 heavy (non-hydrogen) atoms. The standard InChI is InChI=1S/C85H160N4O12/c1-5-9-13-17-21-25-29-33-37-41-45-49-58-74(70-79(91)92)78(90)62-53-54-66-89(67-55-63-86-83(99)75(71-80(93)94)59-50-46-42-38-34-30-26-22-18-14-10-6-2,68-56-64-87-84(100)76(72-81(95)96)60-51-47-43-39-35-31-27-23-19-15-11-7-3)69-57-65-88-85(101)77(73-82(97)98)61-52-48-44-40-36-32-28-24-20-16-12-8-4/h74-77H,5-73H2,1-4H3,(H6-,86,87,88,91,92,93,94,95,96,97,98,99,100,101)/p+1. The van der Waals surface area contributed by atoms with E-state index in [0.29, 0.717) is 108 Å². The van der Waals surface area contributed by atoms with Crippen molar-refractivity contribution < 1.29 is 63.3 Å². The van der Waals surface area contributed by atoms with E-state index in [9.17, 15) is 58.8 Å². The molecule has 3 amide bonds. The molecule has 592 valence electrons. The summed E-state index contributed by atoms with van der Waals surface area (Å²) in [5.74, 6) is -7.34. The largest absolute Gasteiger partial charge is 0.481 e. The van der Waals surface area contributed by atoms with Crippen LogP contribution in [-0.2, 0) is 38.4 Å². The Morgan fingerprint density at radius 2 is 0.426 bits per heavy atom. The lowest BCUT2D eigenvalue weighted by Gasteiger charge is -2.39. The summed E-state index contributed by atoms with van der Waals surface area (Å²) in [6.45, 7) is 12.2. The van der Waals surface area contributed by atoms with Crippen LogP contribution in [-0.4, -0.2) is 118 Å². The summed E-state index contributed by atoms with van der Waals surface area (Å²) in [7, 11) is 0. The number of rotatable bonds is 81. The Morgan fingerprint density at radius 3 is 0.644 bits per heavy atom. The highest BCUT2D eigenvalue weighted by Crippen LogP contribution is 2.25. The number of carboxylic acid groups (broad SMARTS) is 4. The molecule has 4 atom stereocenters. The molecule has 0 aromatic rings. The fraction of sp³-hybridized carbons (Fsp3) is 0.906. The number of amides is 3. The van der Waals surface area contributed by atoms with Gasteiger partial charge in [-0.15, -0.1) is 0 Å². The number of carboxylic acids is 4. The van der Waals surface area contributed by atoms with Gasteiger partial charge in [0.05, 0.1) is 51.9 Å². The zero-order chi connectivity index (χ0) is 74.3. The van der Waals surface area contributed by atoms with Crippen molar-refractivity contribution in [3.63, 3.8) is 0 Å². The minimum absolute atomic E-state index is 0.0278. The molecule has 0 saturated carbocycles. The second-order valence-corrected chi connectivity index (χ2v) is 31.0. The number of aliphatic carboxylic acids is 4. The topological polar surface area (TPSA) is 254 Å². The van der Waals surface area contributed by atoms with E-state index >= 15 is 0 Å². The summed E-state index contributed by atoms with van der Waals surface area (Å²) in [6, 6.07) is 0. The van der Waals surface area contributed by atoms with Crippen LogP contribution in [0.3, 0.4) is 0 Å². The molecular weight excluding hydrogens is 1270 g/mol. The van der Waals surface area contributed by atoms with Gasteiger partial charge < -0.3 is 40.9 Å². The third-order valence-corrected chi connectivity index (χ3v) is 21.5. The average Bonchev–Trinajstić information content (AvgIpc) is 0.874. The molecule has 16 nitrogen and oxygen atoms in total. The number of hydrogen-bond acceptors (Lipinski definition) is 8. The zero-order valence-electron chi connectivity index (χ0n) is 66.1. The maximum absolute atomic E-state index is 14.0. The molecule has 4 unspecified atom stereocenters. The minimum Gasteiger partial charge on any atom is -0.481 e. The Morgan fingerprint density at radius 1 is 0.238 bits per heavy atom. The molecule has 0 fully saturated rings. The molecule has 0 aliphatic carbocycles. The number of nitrogens with one attached hydrogen (secondary N) is 3. The number of carbonyl (C=O) groups is 8. The van der Waals surface area contributed by atoms with E-state index in [4.69, 9.17) is 0 Å². The van der Waals surface area contributed by atoms with Gasteiger partial charge in [0.2, 0.25) is 17.7 Å². The van der Waals surface area contributed by atoms with Crippen molar-refractivity contribution >= 4 is 47.4 Å². The molecule has 0 saturated heterocycles. The Kier molecular flexibility index (Phi) is 68.6.